The number of hydrogen-bond acceptors (Lipinski definition) is 9. The molecule has 2 atom stereocenters. The molecule has 0 aliphatic rings. The van der Waals surface area contributed by atoms with Crippen molar-refractivity contribution in [3.8, 4) is 0 Å². The highest BCUT2D eigenvalue weighted by Crippen LogP contribution is 2.38. The Morgan fingerprint density at radius 2 is 0.984 bits per heavy atom. The second kappa shape index (κ2) is 42.9. The molecule has 0 aromatic heterocycles. The quantitative estimate of drug-likeness (QED) is 0.0209. The summed E-state index contributed by atoms with van der Waals surface area (Å²) in [5.74, 6) is -0.917. The second-order valence-electron chi connectivity index (χ2n) is 17.2. The molecule has 0 aliphatic heterocycles. The molecule has 10 nitrogen and oxygen atoms in total. The van der Waals surface area contributed by atoms with E-state index in [4.69, 9.17) is 23.6 Å². The van der Waals surface area contributed by atoms with E-state index >= 15 is 0 Å². The molecule has 61 heavy (non-hydrogen) atoms. The van der Waals surface area contributed by atoms with Gasteiger partial charge >= 0.3 is 11.9 Å². The first kappa shape index (κ1) is 58.7. The molecule has 0 radical (unpaired) electrons. The smallest absolute Gasteiger partial charge is 0.306 e. The summed E-state index contributed by atoms with van der Waals surface area (Å²) in [5, 5.41) is 8.81. The molecule has 354 valence electrons. The first-order chi connectivity index (χ1) is 29.5. The first-order valence-corrected chi connectivity index (χ1v) is 25.6. The van der Waals surface area contributed by atoms with E-state index in [1.807, 2.05) is 27.2 Å². The van der Waals surface area contributed by atoms with Crippen molar-refractivity contribution in [3.05, 3.63) is 60.8 Å². The van der Waals surface area contributed by atoms with Gasteiger partial charge in [-0.25, -0.2) is 0 Å². The van der Waals surface area contributed by atoms with Crippen LogP contribution >= 0.6 is 7.82 Å². The van der Waals surface area contributed by atoms with Crippen molar-refractivity contribution in [2.45, 2.75) is 193 Å². The number of aliphatic hydroxyl groups excluding tert-OH is 1. The number of unbranched alkanes of at least 4 members (excludes halogenated alkanes) is 19. The molecule has 1 unspecified atom stereocenters. The van der Waals surface area contributed by atoms with Gasteiger partial charge in [0, 0.05) is 19.4 Å². The lowest BCUT2D eigenvalue weighted by atomic mass is 10.1. The summed E-state index contributed by atoms with van der Waals surface area (Å²) in [7, 11) is 1.11. The fraction of sp³-hybridized carbons (Fsp3) is 0.760. The number of carbonyl (C=O) groups excluding carboxylic acids is 2. The number of esters is 2. The number of nitrogens with zero attached hydrogens (tertiary/aromatic N) is 1. The maximum absolute atomic E-state index is 12.7. The predicted octanol–water partition coefficient (Wildman–Crippen LogP) is 12.4. The van der Waals surface area contributed by atoms with Crippen LogP contribution in [0.25, 0.3) is 0 Å². The zero-order valence-electron chi connectivity index (χ0n) is 39.3. The molecule has 0 spiro atoms. The van der Waals surface area contributed by atoms with Crippen LogP contribution < -0.4 is 4.89 Å². The molecule has 0 rings (SSSR count). The van der Waals surface area contributed by atoms with Crippen molar-refractivity contribution in [1.29, 1.82) is 0 Å². The van der Waals surface area contributed by atoms with Gasteiger partial charge in [0.15, 0.2) is 6.10 Å². The number of rotatable bonds is 44. The van der Waals surface area contributed by atoms with Gasteiger partial charge in [-0.3, -0.25) is 14.2 Å². The molecule has 11 heteroatoms. The van der Waals surface area contributed by atoms with E-state index in [2.05, 4.69) is 61.6 Å². The Morgan fingerprint density at radius 1 is 0.557 bits per heavy atom. The maximum atomic E-state index is 12.7. The number of carbonyl (C=O) groups is 2. The van der Waals surface area contributed by atoms with Crippen molar-refractivity contribution in [1.82, 2.24) is 0 Å². The number of allylic oxidation sites excluding steroid dienone is 10. The fourth-order valence-corrected chi connectivity index (χ4v) is 7.00. The SMILES string of the molecule is CCCCCCCC/C=C\CCCCCCCCCCCC(=O)OC[C@H](COP(=O)([O-])OCC[N+](C)(C)C)OC(=O)CCC/C=C\C/C=C\C/C=C\C/C=C\CCCCCO. The van der Waals surface area contributed by atoms with Gasteiger partial charge < -0.3 is 33.0 Å². The average Bonchev–Trinajstić information content (AvgIpc) is 3.21. The largest absolute Gasteiger partial charge is 0.756 e. The van der Waals surface area contributed by atoms with Crippen LogP contribution in [0.4, 0.5) is 0 Å². The highest BCUT2D eigenvalue weighted by atomic mass is 31.2. The summed E-state index contributed by atoms with van der Waals surface area (Å²) in [6.45, 7) is 2.16. The number of ether oxygens (including phenoxy) is 2. The van der Waals surface area contributed by atoms with Gasteiger partial charge in [0.25, 0.3) is 7.82 Å². The monoisotopic (exact) mass is 880 g/mol. The Labute approximate surface area is 373 Å². The number of phosphoric ester groups is 1. The van der Waals surface area contributed by atoms with Crippen LogP contribution in [0.1, 0.15) is 187 Å². The molecule has 0 aliphatic carbocycles. The third-order valence-electron chi connectivity index (χ3n) is 10.1. The molecule has 0 fully saturated rings. The molecule has 1 N–H and O–H groups in total. The lowest BCUT2D eigenvalue weighted by Gasteiger charge is -2.28. The Kier molecular flexibility index (Phi) is 41.3. The Hall–Kier alpha value is -2.33. The van der Waals surface area contributed by atoms with E-state index in [9.17, 15) is 19.0 Å². The van der Waals surface area contributed by atoms with Gasteiger partial charge in [0.1, 0.15) is 19.8 Å². The lowest BCUT2D eigenvalue weighted by molar-refractivity contribution is -0.870. The van der Waals surface area contributed by atoms with Crippen LogP contribution in [0.5, 0.6) is 0 Å². The van der Waals surface area contributed by atoms with Crippen LogP contribution in [0.2, 0.25) is 0 Å². The standard InChI is InChI=1S/C50H90NO9P/c1-5-6-7-8-9-10-11-12-13-14-15-17-20-23-26-29-32-35-38-41-49(53)57-46-48(47-59-61(55,56)58-45-43-51(2,3)4)60-50(54)42-39-36-33-30-27-24-21-18-16-19-22-25-28-31-34-37-40-44-52/h12-13,16,19,21,24-25,28,30,33,48,52H,5-11,14-15,17-18,20,22-23,26-27,29,31-32,34-47H2,1-4H3/b13-12-,19-16-,24-21-,28-25-,33-30-/t48-/m1/s1. The highest BCUT2D eigenvalue weighted by Gasteiger charge is 2.21. The number of hydrogen-bond donors (Lipinski definition) is 1. The van der Waals surface area contributed by atoms with Crippen molar-refractivity contribution < 1.29 is 47.2 Å². The minimum Gasteiger partial charge on any atom is -0.756 e. The van der Waals surface area contributed by atoms with E-state index in [1.165, 1.54) is 83.5 Å². The molecule has 0 heterocycles. The topological polar surface area (TPSA) is 131 Å². The molecule has 0 saturated carbocycles. The first-order valence-electron chi connectivity index (χ1n) is 24.1. The van der Waals surface area contributed by atoms with Crippen LogP contribution in [0, 0.1) is 0 Å². The molecule has 0 bridgehead atoms. The van der Waals surface area contributed by atoms with Gasteiger partial charge in [-0.15, -0.1) is 0 Å². The Balaban J connectivity index is 4.38. The summed E-state index contributed by atoms with van der Waals surface area (Å²) < 4.78 is 33.9. The number of likely N-dealkylation sites (N-methyl/N-ethyl adjacent to an activating group) is 1. The van der Waals surface area contributed by atoms with Crippen LogP contribution in [-0.4, -0.2) is 81.7 Å². The number of phosphoric acid groups is 1. The second-order valence-corrected chi connectivity index (χ2v) is 18.6. The zero-order valence-corrected chi connectivity index (χ0v) is 40.2. The number of aliphatic hydroxyl groups is 1. The lowest BCUT2D eigenvalue weighted by Crippen LogP contribution is -2.37. The molecule has 0 aromatic carbocycles. The summed E-state index contributed by atoms with van der Waals surface area (Å²) in [5.41, 5.74) is 0. The van der Waals surface area contributed by atoms with E-state index in [0.29, 0.717) is 30.3 Å². The van der Waals surface area contributed by atoms with Gasteiger partial charge in [-0.2, -0.15) is 0 Å². The fourth-order valence-electron chi connectivity index (χ4n) is 6.27. The summed E-state index contributed by atoms with van der Waals surface area (Å²) in [6.07, 6.45) is 49.8. The Morgan fingerprint density at radius 3 is 1.49 bits per heavy atom. The summed E-state index contributed by atoms with van der Waals surface area (Å²) >= 11 is 0. The average molecular weight is 880 g/mol. The third kappa shape index (κ3) is 47.0. The molecule has 0 amide bonds. The Bertz CT molecular complexity index is 1220. The van der Waals surface area contributed by atoms with E-state index in [1.54, 1.807) is 0 Å². The summed E-state index contributed by atoms with van der Waals surface area (Å²) in [4.78, 5) is 37.6. The minimum atomic E-state index is -4.65. The van der Waals surface area contributed by atoms with Crippen LogP contribution in [-0.2, 0) is 32.7 Å². The van der Waals surface area contributed by atoms with E-state index in [-0.39, 0.29) is 32.7 Å². The number of quaternary nitrogens is 1. The van der Waals surface area contributed by atoms with E-state index in [0.717, 1.165) is 64.2 Å². The predicted molar refractivity (Wildman–Crippen MR) is 251 cm³/mol. The van der Waals surface area contributed by atoms with Crippen LogP contribution in [0.15, 0.2) is 60.8 Å². The van der Waals surface area contributed by atoms with Crippen molar-refractivity contribution in [2.24, 2.45) is 0 Å². The van der Waals surface area contributed by atoms with Gasteiger partial charge in [-0.1, -0.05) is 151 Å². The molecule has 0 saturated heterocycles. The van der Waals surface area contributed by atoms with Crippen molar-refractivity contribution in [3.63, 3.8) is 0 Å². The normalized spacial score (nSPS) is 14.0. The minimum absolute atomic E-state index is 0.0483. The third-order valence-corrected chi connectivity index (χ3v) is 11.0. The summed E-state index contributed by atoms with van der Waals surface area (Å²) in [6, 6.07) is 0. The zero-order chi connectivity index (χ0) is 45.0. The van der Waals surface area contributed by atoms with Gasteiger partial charge in [-0.05, 0) is 83.5 Å². The van der Waals surface area contributed by atoms with Crippen molar-refractivity contribution >= 4 is 19.8 Å². The van der Waals surface area contributed by atoms with E-state index < -0.39 is 32.5 Å². The molecular weight excluding hydrogens is 790 g/mol. The van der Waals surface area contributed by atoms with Gasteiger partial charge in [0.2, 0.25) is 0 Å². The highest BCUT2D eigenvalue weighted by molar-refractivity contribution is 7.45. The van der Waals surface area contributed by atoms with Crippen LogP contribution in [0.3, 0.4) is 0 Å². The molecule has 0 aromatic rings. The maximum Gasteiger partial charge on any atom is 0.306 e. The van der Waals surface area contributed by atoms with Crippen molar-refractivity contribution in [2.75, 3.05) is 54.1 Å². The van der Waals surface area contributed by atoms with Gasteiger partial charge in [0.05, 0.1) is 27.7 Å². The molecular formula is C50H90NO9P.